The van der Waals surface area contributed by atoms with Crippen molar-refractivity contribution < 1.29 is 5.11 Å². The maximum Gasteiger partial charge on any atom is 0.0647 e. The van der Waals surface area contributed by atoms with Gasteiger partial charge >= 0.3 is 0 Å². The molecule has 2 unspecified atom stereocenters. The lowest BCUT2D eigenvalue weighted by Gasteiger charge is -2.33. The van der Waals surface area contributed by atoms with Crippen LogP contribution in [-0.2, 0) is 0 Å². The van der Waals surface area contributed by atoms with Gasteiger partial charge in [-0.25, -0.2) is 0 Å². The molecule has 4 heteroatoms. The third-order valence-corrected chi connectivity index (χ3v) is 3.74. The fourth-order valence-electron chi connectivity index (χ4n) is 2.56. The third kappa shape index (κ3) is 2.97. The van der Waals surface area contributed by atoms with Crippen LogP contribution >= 0.6 is 11.6 Å². The molecule has 0 saturated carbocycles. The van der Waals surface area contributed by atoms with Crippen LogP contribution in [-0.4, -0.2) is 37.4 Å². The topological polar surface area (TPSA) is 35.5 Å². The number of halogens is 1. The number of nitrogens with one attached hydrogen (secondary N) is 1. The minimum atomic E-state index is 0.134. The predicted octanol–water partition coefficient (Wildman–Crippen LogP) is 2.06. The van der Waals surface area contributed by atoms with Gasteiger partial charge in [0.15, 0.2) is 0 Å². The maximum atomic E-state index is 9.57. The number of benzene rings is 1. The Balaban J connectivity index is 2.31. The van der Waals surface area contributed by atoms with Crippen molar-refractivity contribution in [2.75, 3.05) is 31.1 Å². The molecule has 2 atom stereocenters. The molecule has 0 radical (unpaired) electrons. The first kappa shape index (κ1) is 13.7. The normalized spacial score (nSPS) is 25.0. The predicted molar refractivity (Wildman–Crippen MR) is 76.4 cm³/mol. The highest BCUT2D eigenvalue weighted by Crippen LogP contribution is 2.26. The van der Waals surface area contributed by atoms with E-state index < -0.39 is 0 Å². The summed E-state index contributed by atoms with van der Waals surface area (Å²) in [6, 6.07) is 6.09. The van der Waals surface area contributed by atoms with Gasteiger partial charge in [-0.1, -0.05) is 18.5 Å². The highest BCUT2D eigenvalue weighted by molar-refractivity contribution is 6.30. The number of hydrogen-bond donors (Lipinski definition) is 2. The summed E-state index contributed by atoms with van der Waals surface area (Å²) in [7, 11) is 0. The van der Waals surface area contributed by atoms with Crippen LogP contribution in [0.25, 0.3) is 0 Å². The van der Waals surface area contributed by atoms with Crippen LogP contribution < -0.4 is 10.2 Å². The number of anilines is 1. The van der Waals surface area contributed by atoms with E-state index in [0.717, 1.165) is 30.2 Å². The van der Waals surface area contributed by atoms with Crippen molar-refractivity contribution in [1.82, 2.24) is 5.32 Å². The van der Waals surface area contributed by atoms with Crippen LogP contribution in [0.4, 0.5) is 5.69 Å². The molecule has 1 aliphatic heterocycles. The number of aliphatic hydroxyl groups excluding tert-OH is 1. The largest absolute Gasteiger partial charge is 0.394 e. The van der Waals surface area contributed by atoms with Crippen LogP contribution in [0.5, 0.6) is 0 Å². The number of aliphatic hydroxyl groups is 1. The smallest absolute Gasteiger partial charge is 0.0647 e. The molecule has 3 nitrogen and oxygen atoms in total. The molecule has 0 aliphatic carbocycles. The third-order valence-electron chi connectivity index (χ3n) is 3.50. The molecule has 18 heavy (non-hydrogen) atoms. The number of nitrogens with zero attached hydrogens (tertiary/aromatic N) is 1. The van der Waals surface area contributed by atoms with Gasteiger partial charge in [-0.2, -0.15) is 0 Å². The Morgan fingerprint density at radius 3 is 2.89 bits per heavy atom. The molecule has 2 N–H and O–H groups in total. The van der Waals surface area contributed by atoms with Crippen LogP contribution in [0.2, 0.25) is 5.02 Å². The second-order valence-electron chi connectivity index (χ2n) is 5.18. The van der Waals surface area contributed by atoms with Crippen molar-refractivity contribution in [2.24, 2.45) is 5.92 Å². The highest BCUT2D eigenvalue weighted by atomic mass is 35.5. The standard InChI is InChI=1S/C14H21ClN2O/c1-10-6-16-7-13(9-18)17(8-10)14-4-3-12(15)5-11(14)2/h3-5,10,13,16,18H,6-9H2,1-2H3. The molecule has 0 aromatic heterocycles. The van der Waals surface area contributed by atoms with E-state index in [0.29, 0.717) is 5.92 Å². The van der Waals surface area contributed by atoms with Gasteiger partial charge in [-0.05, 0) is 43.1 Å². The Hall–Kier alpha value is -0.770. The summed E-state index contributed by atoms with van der Waals surface area (Å²) < 4.78 is 0. The van der Waals surface area contributed by atoms with Crippen LogP contribution in [0.3, 0.4) is 0 Å². The Bertz CT molecular complexity index is 411. The number of hydrogen-bond acceptors (Lipinski definition) is 3. The minimum absolute atomic E-state index is 0.134. The Morgan fingerprint density at radius 2 is 2.22 bits per heavy atom. The first-order valence-electron chi connectivity index (χ1n) is 6.46. The molecule has 1 heterocycles. The molecule has 0 amide bonds. The zero-order valence-electron chi connectivity index (χ0n) is 11.0. The summed E-state index contributed by atoms with van der Waals surface area (Å²) in [5.41, 5.74) is 2.34. The molecule has 1 fully saturated rings. The lowest BCUT2D eigenvalue weighted by Crippen LogP contribution is -2.43. The van der Waals surface area contributed by atoms with Gasteiger partial charge < -0.3 is 15.3 Å². The van der Waals surface area contributed by atoms with Crippen molar-refractivity contribution in [1.29, 1.82) is 0 Å². The average Bonchev–Trinajstić information content (AvgIpc) is 2.50. The van der Waals surface area contributed by atoms with Crippen LogP contribution in [0.1, 0.15) is 12.5 Å². The summed E-state index contributed by atoms with van der Waals surface area (Å²) in [6.07, 6.45) is 0. The maximum absolute atomic E-state index is 9.57. The number of aryl methyl sites for hydroxylation is 1. The quantitative estimate of drug-likeness (QED) is 0.862. The summed E-state index contributed by atoms with van der Waals surface area (Å²) in [5.74, 6) is 0.566. The van der Waals surface area contributed by atoms with Gasteiger partial charge in [0.05, 0.1) is 12.6 Å². The number of rotatable bonds is 2. The van der Waals surface area contributed by atoms with Gasteiger partial charge in [0.25, 0.3) is 0 Å². The Labute approximate surface area is 114 Å². The van der Waals surface area contributed by atoms with E-state index >= 15 is 0 Å². The highest BCUT2D eigenvalue weighted by Gasteiger charge is 2.24. The SMILES string of the molecule is Cc1cc(Cl)ccc1N1CC(C)CNCC1CO. The monoisotopic (exact) mass is 268 g/mol. The molecule has 100 valence electrons. The summed E-state index contributed by atoms with van der Waals surface area (Å²) in [4.78, 5) is 2.30. The van der Waals surface area contributed by atoms with E-state index in [9.17, 15) is 5.11 Å². The van der Waals surface area contributed by atoms with Gasteiger partial charge in [-0.3, -0.25) is 0 Å². The zero-order chi connectivity index (χ0) is 13.1. The molecular formula is C14H21ClN2O. The molecule has 1 aliphatic rings. The van der Waals surface area contributed by atoms with E-state index in [-0.39, 0.29) is 12.6 Å². The van der Waals surface area contributed by atoms with Crippen LogP contribution in [0.15, 0.2) is 18.2 Å². The fraction of sp³-hybridized carbons (Fsp3) is 0.571. The summed E-state index contributed by atoms with van der Waals surface area (Å²) >= 11 is 6.01. The van der Waals surface area contributed by atoms with E-state index in [1.54, 1.807) is 0 Å². The lowest BCUT2D eigenvalue weighted by atomic mass is 10.1. The molecule has 0 bridgehead atoms. The van der Waals surface area contributed by atoms with Gasteiger partial charge in [0, 0.05) is 23.8 Å². The van der Waals surface area contributed by atoms with Crippen molar-refractivity contribution >= 4 is 17.3 Å². The van der Waals surface area contributed by atoms with E-state index in [1.165, 1.54) is 5.69 Å². The van der Waals surface area contributed by atoms with Crippen LogP contribution in [0, 0.1) is 12.8 Å². The Kier molecular flexibility index (Phi) is 4.49. The van der Waals surface area contributed by atoms with Crippen molar-refractivity contribution in [3.05, 3.63) is 28.8 Å². The first-order valence-corrected chi connectivity index (χ1v) is 6.84. The van der Waals surface area contributed by atoms with Gasteiger partial charge in [0.2, 0.25) is 0 Å². The Morgan fingerprint density at radius 1 is 1.44 bits per heavy atom. The second-order valence-corrected chi connectivity index (χ2v) is 5.62. The molecule has 2 rings (SSSR count). The lowest BCUT2D eigenvalue weighted by molar-refractivity contribution is 0.259. The summed E-state index contributed by atoms with van der Waals surface area (Å²) in [5, 5.41) is 13.7. The van der Waals surface area contributed by atoms with Crippen molar-refractivity contribution in [3.8, 4) is 0 Å². The van der Waals surface area contributed by atoms with E-state index in [4.69, 9.17) is 11.6 Å². The van der Waals surface area contributed by atoms with Gasteiger partial charge in [-0.15, -0.1) is 0 Å². The second kappa shape index (κ2) is 5.91. The fourth-order valence-corrected chi connectivity index (χ4v) is 2.78. The molecule has 1 saturated heterocycles. The minimum Gasteiger partial charge on any atom is -0.394 e. The molecule has 0 spiro atoms. The first-order chi connectivity index (χ1) is 8.61. The average molecular weight is 269 g/mol. The van der Waals surface area contributed by atoms with Gasteiger partial charge in [0.1, 0.15) is 0 Å². The van der Waals surface area contributed by atoms with Crippen molar-refractivity contribution in [2.45, 2.75) is 19.9 Å². The van der Waals surface area contributed by atoms with Crippen molar-refractivity contribution in [3.63, 3.8) is 0 Å². The molecule has 1 aromatic rings. The van der Waals surface area contributed by atoms with E-state index in [1.807, 2.05) is 12.1 Å². The van der Waals surface area contributed by atoms with E-state index in [2.05, 4.69) is 30.1 Å². The zero-order valence-corrected chi connectivity index (χ0v) is 11.7. The molecule has 1 aromatic carbocycles. The summed E-state index contributed by atoms with van der Waals surface area (Å²) in [6.45, 7) is 7.24. The molecular weight excluding hydrogens is 248 g/mol.